The highest BCUT2D eigenvalue weighted by atomic mass is 32.1. The van der Waals surface area contributed by atoms with Crippen molar-refractivity contribution >= 4 is 44.6 Å². The summed E-state index contributed by atoms with van der Waals surface area (Å²) in [4.78, 5) is 32.7. The standard InChI is InChI=1S/C22H27N7O3S/c30-15-7-5-13(6-8-15)24-21-25-14(12-29-10-2-4-17(29)20(31)32)11-18(27-21)28-22-26-16-3-1-9-23-19(16)33-22/h1,3,9,11,13,15,17,30H,2,4-8,10,12H2,(H,31,32)(H2,24,25,26,27,28)/t13-,15-,17-/m0/s1. The predicted octanol–water partition coefficient (Wildman–Crippen LogP) is 2.99. The summed E-state index contributed by atoms with van der Waals surface area (Å²) in [5, 5.41) is 26.7. The summed E-state index contributed by atoms with van der Waals surface area (Å²) >= 11 is 1.45. The van der Waals surface area contributed by atoms with E-state index in [-0.39, 0.29) is 12.1 Å². The maximum atomic E-state index is 11.6. The summed E-state index contributed by atoms with van der Waals surface area (Å²) in [7, 11) is 0. The number of carboxylic acids is 1. The van der Waals surface area contributed by atoms with Crippen LogP contribution in [0.2, 0.25) is 0 Å². The first-order chi connectivity index (χ1) is 16.0. The highest BCUT2D eigenvalue weighted by Crippen LogP contribution is 2.28. The van der Waals surface area contributed by atoms with Crippen molar-refractivity contribution in [2.24, 2.45) is 0 Å². The number of rotatable bonds is 7. The number of anilines is 3. The van der Waals surface area contributed by atoms with Gasteiger partial charge in [0.25, 0.3) is 0 Å². The maximum Gasteiger partial charge on any atom is 0.320 e. The van der Waals surface area contributed by atoms with Crippen LogP contribution in [0.1, 0.15) is 44.2 Å². The van der Waals surface area contributed by atoms with Gasteiger partial charge in [0.1, 0.15) is 22.2 Å². The first kappa shape index (κ1) is 21.9. The van der Waals surface area contributed by atoms with Crippen LogP contribution in [0.25, 0.3) is 10.3 Å². The third kappa shape index (κ3) is 5.21. The van der Waals surface area contributed by atoms with Crippen molar-refractivity contribution < 1.29 is 15.0 Å². The van der Waals surface area contributed by atoms with Gasteiger partial charge in [-0.2, -0.15) is 4.98 Å². The highest BCUT2D eigenvalue weighted by molar-refractivity contribution is 7.21. The van der Waals surface area contributed by atoms with Gasteiger partial charge >= 0.3 is 5.97 Å². The van der Waals surface area contributed by atoms with E-state index in [4.69, 9.17) is 4.98 Å². The van der Waals surface area contributed by atoms with Gasteiger partial charge in [-0.25, -0.2) is 15.0 Å². The Labute approximate surface area is 195 Å². The Morgan fingerprint density at radius 3 is 2.82 bits per heavy atom. The van der Waals surface area contributed by atoms with Crippen molar-refractivity contribution in [1.82, 2.24) is 24.8 Å². The molecule has 0 amide bonds. The van der Waals surface area contributed by atoms with E-state index in [0.717, 1.165) is 54.7 Å². The van der Waals surface area contributed by atoms with E-state index in [2.05, 4.69) is 25.6 Å². The molecule has 0 bridgehead atoms. The SMILES string of the molecule is O=C(O)[C@@H]1CCCN1Cc1cc(Nc2nc3cccnc3s2)nc(N[C@H]2CC[C@H](O)CC2)n1. The summed E-state index contributed by atoms with van der Waals surface area (Å²) in [6.45, 7) is 1.17. The van der Waals surface area contributed by atoms with E-state index in [0.29, 0.717) is 29.9 Å². The number of thiazole rings is 1. The van der Waals surface area contributed by atoms with Crippen molar-refractivity contribution in [1.29, 1.82) is 0 Å². The minimum absolute atomic E-state index is 0.196. The monoisotopic (exact) mass is 469 g/mol. The summed E-state index contributed by atoms with van der Waals surface area (Å²) in [5.41, 5.74) is 1.57. The van der Waals surface area contributed by atoms with Crippen LogP contribution in [-0.4, -0.2) is 65.8 Å². The van der Waals surface area contributed by atoms with E-state index in [1.54, 1.807) is 6.20 Å². The maximum absolute atomic E-state index is 11.6. The predicted molar refractivity (Wildman–Crippen MR) is 126 cm³/mol. The summed E-state index contributed by atoms with van der Waals surface area (Å²) in [6.07, 6.45) is 6.25. The van der Waals surface area contributed by atoms with Gasteiger partial charge in [0, 0.05) is 24.8 Å². The largest absolute Gasteiger partial charge is 0.480 e. The molecule has 5 rings (SSSR count). The van der Waals surface area contributed by atoms with Crippen LogP contribution < -0.4 is 10.6 Å². The van der Waals surface area contributed by atoms with Crippen LogP contribution in [0, 0.1) is 0 Å². The molecule has 10 nitrogen and oxygen atoms in total. The van der Waals surface area contributed by atoms with Gasteiger partial charge in [0.15, 0.2) is 5.13 Å². The summed E-state index contributed by atoms with van der Waals surface area (Å²) < 4.78 is 0. The number of likely N-dealkylation sites (tertiary alicyclic amines) is 1. The Morgan fingerprint density at radius 1 is 1.18 bits per heavy atom. The number of aliphatic carboxylic acids is 1. The number of nitrogens with one attached hydrogen (secondary N) is 2. The number of aliphatic hydroxyl groups is 1. The molecule has 4 N–H and O–H groups in total. The first-order valence-corrected chi connectivity index (χ1v) is 12.1. The molecule has 3 aromatic heterocycles. The molecule has 1 aliphatic carbocycles. The molecule has 33 heavy (non-hydrogen) atoms. The molecule has 1 saturated heterocycles. The molecule has 3 aromatic rings. The number of carboxylic acid groups (broad SMARTS) is 1. The molecule has 4 heterocycles. The van der Waals surface area contributed by atoms with Crippen LogP contribution in [0.5, 0.6) is 0 Å². The molecule has 0 radical (unpaired) electrons. The average Bonchev–Trinajstić information content (AvgIpc) is 3.41. The molecule has 0 spiro atoms. The Hall–Kier alpha value is -2.89. The molecule has 0 aromatic carbocycles. The fraction of sp³-hybridized carbons (Fsp3) is 0.500. The van der Waals surface area contributed by atoms with Gasteiger partial charge in [0.2, 0.25) is 5.95 Å². The Kier molecular flexibility index (Phi) is 6.34. The van der Waals surface area contributed by atoms with Gasteiger partial charge in [-0.3, -0.25) is 9.69 Å². The van der Waals surface area contributed by atoms with Crippen LogP contribution >= 0.6 is 11.3 Å². The average molecular weight is 470 g/mol. The van der Waals surface area contributed by atoms with E-state index >= 15 is 0 Å². The van der Waals surface area contributed by atoms with Gasteiger partial charge in [-0.05, 0) is 57.2 Å². The summed E-state index contributed by atoms with van der Waals surface area (Å²) in [5.74, 6) is 0.311. The Balaban J connectivity index is 1.39. The second-order valence-corrected chi connectivity index (χ2v) is 9.63. The molecule has 1 aliphatic heterocycles. The van der Waals surface area contributed by atoms with E-state index in [1.165, 1.54) is 11.3 Å². The molecule has 1 atom stereocenters. The van der Waals surface area contributed by atoms with Crippen LogP contribution in [0.4, 0.5) is 16.9 Å². The first-order valence-electron chi connectivity index (χ1n) is 11.3. The number of pyridine rings is 1. The van der Waals surface area contributed by atoms with E-state index in [9.17, 15) is 15.0 Å². The second-order valence-electron chi connectivity index (χ2n) is 8.66. The van der Waals surface area contributed by atoms with Crippen molar-refractivity contribution in [2.75, 3.05) is 17.2 Å². The van der Waals surface area contributed by atoms with Crippen LogP contribution in [0.3, 0.4) is 0 Å². The topological polar surface area (TPSA) is 136 Å². The van der Waals surface area contributed by atoms with E-state index < -0.39 is 12.0 Å². The number of hydrogen-bond donors (Lipinski definition) is 4. The van der Waals surface area contributed by atoms with Crippen molar-refractivity contribution in [3.8, 4) is 0 Å². The molecule has 2 fully saturated rings. The van der Waals surface area contributed by atoms with Crippen molar-refractivity contribution in [3.63, 3.8) is 0 Å². The molecular weight excluding hydrogens is 442 g/mol. The number of carbonyl (C=O) groups is 1. The second kappa shape index (κ2) is 9.54. The number of nitrogens with zero attached hydrogens (tertiary/aromatic N) is 5. The zero-order valence-corrected chi connectivity index (χ0v) is 19.0. The lowest BCUT2D eigenvalue weighted by Gasteiger charge is -2.26. The number of aromatic nitrogens is 4. The number of hydrogen-bond acceptors (Lipinski definition) is 10. The fourth-order valence-corrected chi connectivity index (χ4v) is 5.36. The third-order valence-corrected chi connectivity index (χ3v) is 7.12. The fourth-order valence-electron chi connectivity index (χ4n) is 4.55. The lowest BCUT2D eigenvalue weighted by atomic mass is 9.93. The van der Waals surface area contributed by atoms with Crippen LogP contribution in [-0.2, 0) is 11.3 Å². The quantitative estimate of drug-likeness (QED) is 0.409. The lowest BCUT2D eigenvalue weighted by Crippen LogP contribution is -2.35. The van der Waals surface area contributed by atoms with Gasteiger partial charge in [-0.15, -0.1) is 0 Å². The minimum atomic E-state index is -0.791. The Morgan fingerprint density at radius 2 is 2.03 bits per heavy atom. The van der Waals surface area contributed by atoms with Crippen molar-refractivity contribution in [2.45, 2.75) is 63.3 Å². The summed E-state index contributed by atoms with van der Waals surface area (Å²) in [6, 6.07) is 5.34. The zero-order valence-electron chi connectivity index (χ0n) is 18.1. The Bertz CT molecular complexity index is 1100. The van der Waals surface area contributed by atoms with E-state index in [1.807, 2.05) is 23.1 Å². The molecule has 2 aliphatic rings. The van der Waals surface area contributed by atoms with Gasteiger partial charge in [-0.1, -0.05) is 11.3 Å². The zero-order chi connectivity index (χ0) is 22.8. The molecule has 174 valence electrons. The number of fused-ring (bicyclic) bond motifs is 1. The molecular formula is C22H27N7O3S. The minimum Gasteiger partial charge on any atom is -0.480 e. The van der Waals surface area contributed by atoms with Gasteiger partial charge < -0.3 is 20.8 Å². The normalized spacial score (nSPS) is 23.6. The lowest BCUT2D eigenvalue weighted by molar-refractivity contribution is -0.142. The molecule has 0 unspecified atom stereocenters. The molecule has 11 heteroatoms. The number of aliphatic hydroxyl groups excluding tert-OH is 1. The molecule has 1 saturated carbocycles. The highest BCUT2D eigenvalue weighted by Gasteiger charge is 2.31. The van der Waals surface area contributed by atoms with Crippen molar-refractivity contribution in [3.05, 3.63) is 30.1 Å². The third-order valence-electron chi connectivity index (χ3n) is 6.22. The van der Waals surface area contributed by atoms with Gasteiger partial charge in [0.05, 0.1) is 11.8 Å². The smallest absolute Gasteiger partial charge is 0.320 e. The van der Waals surface area contributed by atoms with Crippen LogP contribution in [0.15, 0.2) is 24.4 Å².